The number of benzene rings is 2. The number of carbonyl (C=O) groups is 1. The molecular weight excluding hydrogens is 414 g/mol. The van der Waals surface area contributed by atoms with Crippen molar-refractivity contribution in [3.8, 4) is 0 Å². The van der Waals surface area contributed by atoms with Gasteiger partial charge in [-0.1, -0.05) is 18.2 Å². The summed E-state index contributed by atoms with van der Waals surface area (Å²) in [6.07, 6.45) is -11.5. The summed E-state index contributed by atoms with van der Waals surface area (Å²) < 4.78 is 85.1. The van der Waals surface area contributed by atoms with Gasteiger partial charge in [-0.25, -0.2) is 0 Å². The number of rotatable bonds is 5. The fourth-order valence-electron chi connectivity index (χ4n) is 3.20. The SMILES string of the molecule is CNc1cccc(C(=O)Nc2c(C)cc(C(OC)(C(F)(F)F)C(F)(F)F)cc2C)c1. The molecule has 164 valence electrons. The Hall–Kier alpha value is -2.75. The molecule has 0 aliphatic rings. The number of methoxy groups -OCH3 is 1. The summed E-state index contributed by atoms with van der Waals surface area (Å²) in [4.78, 5) is 12.5. The van der Waals surface area contributed by atoms with Gasteiger partial charge in [0.05, 0.1) is 0 Å². The van der Waals surface area contributed by atoms with Crippen molar-refractivity contribution in [1.82, 2.24) is 0 Å². The van der Waals surface area contributed by atoms with Crippen LogP contribution in [0.3, 0.4) is 0 Å². The van der Waals surface area contributed by atoms with Crippen molar-refractivity contribution < 1.29 is 35.9 Å². The Kier molecular flexibility index (Phi) is 6.41. The molecule has 0 aromatic heterocycles. The first-order valence-electron chi connectivity index (χ1n) is 8.68. The Morgan fingerprint density at radius 1 is 0.933 bits per heavy atom. The topological polar surface area (TPSA) is 50.4 Å². The monoisotopic (exact) mass is 434 g/mol. The summed E-state index contributed by atoms with van der Waals surface area (Å²) in [5, 5.41) is 5.41. The van der Waals surface area contributed by atoms with Gasteiger partial charge >= 0.3 is 12.4 Å². The number of alkyl halides is 6. The maximum atomic E-state index is 13.5. The fourth-order valence-corrected chi connectivity index (χ4v) is 3.20. The molecule has 10 heteroatoms. The van der Waals surface area contributed by atoms with Crippen LogP contribution in [0.25, 0.3) is 0 Å². The van der Waals surface area contributed by atoms with Crippen LogP contribution in [-0.2, 0) is 10.3 Å². The molecule has 0 aliphatic heterocycles. The molecule has 0 radical (unpaired) electrons. The number of amides is 1. The average molecular weight is 434 g/mol. The lowest BCUT2D eigenvalue weighted by Gasteiger charge is -2.36. The molecule has 0 atom stereocenters. The predicted octanol–water partition coefficient (Wildman–Crippen LogP) is 5.56. The zero-order valence-corrected chi connectivity index (χ0v) is 16.5. The summed E-state index contributed by atoms with van der Waals surface area (Å²) in [5.74, 6) is -0.560. The van der Waals surface area contributed by atoms with Crippen LogP contribution in [0.4, 0.5) is 37.7 Å². The fraction of sp³-hybridized carbons (Fsp3) is 0.350. The summed E-state index contributed by atoms with van der Waals surface area (Å²) in [5.41, 5.74) is -4.51. The van der Waals surface area contributed by atoms with Crippen LogP contribution in [0.2, 0.25) is 0 Å². The smallest absolute Gasteiger partial charge is 0.388 e. The zero-order chi connectivity index (χ0) is 22.9. The number of hydrogen-bond acceptors (Lipinski definition) is 3. The molecule has 0 heterocycles. The second-order valence-electron chi connectivity index (χ2n) is 6.65. The maximum absolute atomic E-state index is 13.5. The van der Waals surface area contributed by atoms with E-state index in [1.54, 1.807) is 25.2 Å². The highest BCUT2D eigenvalue weighted by molar-refractivity contribution is 6.05. The van der Waals surface area contributed by atoms with Gasteiger partial charge < -0.3 is 15.4 Å². The van der Waals surface area contributed by atoms with Gasteiger partial charge in [0, 0.05) is 36.7 Å². The first-order chi connectivity index (χ1) is 13.8. The summed E-state index contributed by atoms with van der Waals surface area (Å²) in [7, 11) is 2.02. The minimum atomic E-state index is -5.75. The first kappa shape index (κ1) is 23.5. The van der Waals surface area contributed by atoms with E-state index in [0.29, 0.717) is 12.8 Å². The Labute approximate surface area is 169 Å². The number of anilines is 2. The van der Waals surface area contributed by atoms with E-state index in [1.165, 1.54) is 19.9 Å². The summed E-state index contributed by atoms with van der Waals surface area (Å²) in [6.45, 7) is 2.62. The molecule has 0 saturated heterocycles. The maximum Gasteiger partial charge on any atom is 0.430 e. The molecule has 2 aromatic carbocycles. The standard InChI is InChI=1S/C20H20F6N2O2/c1-11-8-14(18(30-4,19(21,22)23)20(24,25)26)9-12(2)16(11)28-17(29)13-6-5-7-15(10-13)27-3/h5-10,27H,1-4H3,(H,28,29). The normalized spacial score (nSPS) is 12.6. The quantitative estimate of drug-likeness (QED) is 0.606. The van der Waals surface area contributed by atoms with Gasteiger partial charge in [-0.15, -0.1) is 0 Å². The molecule has 4 nitrogen and oxygen atoms in total. The Morgan fingerprint density at radius 3 is 1.90 bits per heavy atom. The molecule has 1 amide bonds. The number of nitrogens with one attached hydrogen (secondary N) is 2. The highest BCUT2D eigenvalue weighted by atomic mass is 19.4. The molecule has 0 aliphatic carbocycles. The van der Waals surface area contributed by atoms with Crippen LogP contribution in [0.15, 0.2) is 36.4 Å². The third-order valence-corrected chi connectivity index (χ3v) is 4.70. The van der Waals surface area contributed by atoms with Gasteiger partial charge in [-0.05, 0) is 43.2 Å². The zero-order valence-electron chi connectivity index (χ0n) is 16.5. The van der Waals surface area contributed by atoms with Crippen molar-refractivity contribution >= 4 is 17.3 Å². The van der Waals surface area contributed by atoms with Crippen LogP contribution >= 0.6 is 0 Å². The Balaban J connectivity index is 2.52. The van der Waals surface area contributed by atoms with E-state index >= 15 is 0 Å². The van der Waals surface area contributed by atoms with Crippen LogP contribution in [0.5, 0.6) is 0 Å². The molecular formula is C20H20F6N2O2. The Morgan fingerprint density at radius 2 is 1.47 bits per heavy atom. The van der Waals surface area contributed by atoms with Gasteiger partial charge in [0.15, 0.2) is 0 Å². The van der Waals surface area contributed by atoms with E-state index in [1.807, 2.05) is 0 Å². The van der Waals surface area contributed by atoms with Crippen molar-refractivity contribution in [2.24, 2.45) is 0 Å². The predicted molar refractivity (Wildman–Crippen MR) is 101 cm³/mol. The second kappa shape index (κ2) is 8.17. The van der Waals surface area contributed by atoms with Crippen molar-refractivity contribution in [2.45, 2.75) is 31.8 Å². The average Bonchev–Trinajstić information content (AvgIpc) is 2.63. The van der Waals surface area contributed by atoms with E-state index < -0.39 is 29.4 Å². The van der Waals surface area contributed by atoms with Gasteiger partial charge in [0.25, 0.3) is 11.5 Å². The van der Waals surface area contributed by atoms with E-state index in [4.69, 9.17) is 0 Å². The third kappa shape index (κ3) is 4.09. The molecule has 30 heavy (non-hydrogen) atoms. The second-order valence-corrected chi connectivity index (χ2v) is 6.65. The highest BCUT2D eigenvalue weighted by Gasteiger charge is 2.73. The molecule has 0 fully saturated rings. The van der Waals surface area contributed by atoms with Crippen LogP contribution in [0, 0.1) is 13.8 Å². The number of carbonyl (C=O) groups excluding carboxylic acids is 1. The molecule has 0 unspecified atom stereocenters. The van der Waals surface area contributed by atoms with E-state index in [-0.39, 0.29) is 22.4 Å². The summed E-state index contributed by atoms with van der Waals surface area (Å²) in [6, 6.07) is 7.87. The third-order valence-electron chi connectivity index (χ3n) is 4.70. The van der Waals surface area contributed by atoms with Crippen LogP contribution < -0.4 is 10.6 Å². The minimum Gasteiger partial charge on any atom is -0.388 e. The summed E-state index contributed by atoms with van der Waals surface area (Å²) >= 11 is 0. The van der Waals surface area contributed by atoms with Crippen LogP contribution in [-0.4, -0.2) is 32.4 Å². The molecule has 0 saturated carbocycles. The van der Waals surface area contributed by atoms with Crippen molar-refractivity contribution in [2.75, 3.05) is 24.8 Å². The van der Waals surface area contributed by atoms with Crippen molar-refractivity contribution in [3.63, 3.8) is 0 Å². The number of ether oxygens (including phenoxy) is 1. The largest absolute Gasteiger partial charge is 0.430 e. The van der Waals surface area contributed by atoms with Gasteiger partial charge in [-0.2, -0.15) is 26.3 Å². The lowest BCUT2D eigenvalue weighted by Crippen LogP contribution is -2.55. The van der Waals surface area contributed by atoms with Gasteiger partial charge in [-0.3, -0.25) is 4.79 Å². The number of hydrogen-bond donors (Lipinski definition) is 2. The van der Waals surface area contributed by atoms with E-state index in [9.17, 15) is 31.1 Å². The molecule has 2 aromatic rings. The number of halogens is 6. The van der Waals surface area contributed by atoms with E-state index in [2.05, 4.69) is 15.4 Å². The lowest BCUT2D eigenvalue weighted by atomic mass is 9.88. The lowest BCUT2D eigenvalue weighted by molar-refractivity contribution is -0.383. The molecule has 0 spiro atoms. The Bertz CT molecular complexity index is 901. The van der Waals surface area contributed by atoms with Gasteiger partial charge in [0.2, 0.25) is 0 Å². The van der Waals surface area contributed by atoms with Crippen LogP contribution in [0.1, 0.15) is 27.0 Å². The van der Waals surface area contributed by atoms with Crippen molar-refractivity contribution in [3.05, 3.63) is 58.7 Å². The minimum absolute atomic E-state index is 0.0260. The first-order valence-corrected chi connectivity index (χ1v) is 8.68. The highest BCUT2D eigenvalue weighted by Crippen LogP contribution is 2.53. The molecule has 0 bridgehead atoms. The van der Waals surface area contributed by atoms with Crippen molar-refractivity contribution in [1.29, 1.82) is 0 Å². The van der Waals surface area contributed by atoms with E-state index in [0.717, 1.165) is 12.1 Å². The molecule has 2 rings (SSSR count). The molecule has 2 N–H and O–H groups in total. The van der Waals surface area contributed by atoms with Gasteiger partial charge in [0.1, 0.15) is 0 Å². The number of aryl methyl sites for hydroxylation is 2.